The van der Waals surface area contributed by atoms with Crippen molar-refractivity contribution in [2.24, 2.45) is 5.73 Å². The van der Waals surface area contributed by atoms with Crippen LogP contribution in [0.25, 0.3) is 10.7 Å². The molecule has 0 fully saturated rings. The minimum absolute atomic E-state index is 0.111. The van der Waals surface area contributed by atoms with E-state index in [1.54, 1.807) is 11.3 Å². The van der Waals surface area contributed by atoms with E-state index in [1.165, 1.54) is 0 Å². The molecule has 0 saturated heterocycles. The van der Waals surface area contributed by atoms with Gasteiger partial charge < -0.3 is 5.73 Å². The zero-order valence-electron chi connectivity index (χ0n) is 7.49. The lowest BCUT2D eigenvalue weighted by Gasteiger charge is -1.95. The SMILES string of the molecule is CC(N)c1nc(-c2ccc(Br)s2)n[nH]1. The third kappa shape index (κ3) is 1.87. The predicted octanol–water partition coefficient (Wildman–Crippen LogP) is 2.32. The summed E-state index contributed by atoms with van der Waals surface area (Å²) in [4.78, 5) is 5.32. The molecule has 74 valence electrons. The van der Waals surface area contributed by atoms with Crippen LogP contribution in [0.2, 0.25) is 0 Å². The zero-order chi connectivity index (χ0) is 10.1. The van der Waals surface area contributed by atoms with Crippen LogP contribution in [0, 0.1) is 0 Å². The molecule has 14 heavy (non-hydrogen) atoms. The Morgan fingerprint density at radius 2 is 2.36 bits per heavy atom. The number of nitrogens with zero attached hydrogens (tertiary/aromatic N) is 2. The number of halogens is 1. The summed E-state index contributed by atoms with van der Waals surface area (Å²) in [7, 11) is 0. The zero-order valence-corrected chi connectivity index (χ0v) is 9.89. The first-order valence-electron chi connectivity index (χ1n) is 4.10. The number of hydrogen-bond acceptors (Lipinski definition) is 4. The maximum Gasteiger partial charge on any atom is 0.191 e. The molecule has 1 unspecified atom stereocenters. The Hall–Kier alpha value is -0.720. The summed E-state index contributed by atoms with van der Waals surface area (Å²) in [5, 5.41) is 6.91. The monoisotopic (exact) mass is 272 g/mol. The summed E-state index contributed by atoms with van der Waals surface area (Å²) in [6.07, 6.45) is 0. The summed E-state index contributed by atoms with van der Waals surface area (Å²) in [5.74, 6) is 1.41. The molecule has 0 aromatic carbocycles. The number of aromatic nitrogens is 3. The second-order valence-corrected chi connectivity index (χ2v) is 5.40. The van der Waals surface area contributed by atoms with Crippen LogP contribution < -0.4 is 5.73 Å². The van der Waals surface area contributed by atoms with Crippen molar-refractivity contribution in [3.63, 3.8) is 0 Å². The van der Waals surface area contributed by atoms with Gasteiger partial charge in [-0.1, -0.05) is 0 Å². The van der Waals surface area contributed by atoms with Crippen LogP contribution in [0.15, 0.2) is 15.9 Å². The van der Waals surface area contributed by atoms with Crippen molar-refractivity contribution in [3.05, 3.63) is 21.7 Å². The number of H-pyrrole nitrogens is 1. The molecule has 0 aliphatic rings. The standard InChI is InChI=1S/C8H9BrN4S/c1-4(10)7-11-8(13-12-7)5-2-3-6(9)14-5/h2-4H,10H2,1H3,(H,11,12,13). The fraction of sp³-hybridized carbons (Fsp3) is 0.250. The van der Waals surface area contributed by atoms with Gasteiger partial charge in [0.2, 0.25) is 0 Å². The molecule has 2 aromatic rings. The predicted molar refractivity (Wildman–Crippen MR) is 60.0 cm³/mol. The van der Waals surface area contributed by atoms with Crippen molar-refractivity contribution in [2.45, 2.75) is 13.0 Å². The highest BCUT2D eigenvalue weighted by Gasteiger charge is 2.10. The number of rotatable bonds is 2. The lowest BCUT2D eigenvalue weighted by Crippen LogP contribution is -2.06. The van der Waals surface area contributed by atoms with Gasteiger partial charge in [0.25, 0.3) is 0 Å². The molecule has 1 atom stereocenters. The first kappa shape index (κ1) is 9.82. The van der Waals surface area contributed by atoms with Gasteiger partial charge in [0.05, 0.1) is 14.7 Å². The lowest BCUT2D eigenvalue weighted by molar-refractivity contribution is 0.745. The van der Waals surface area contributed by atoms with Gasteiger partial charge in [0.1, 0.15) is 5.82 Å². The third-order valence-corrected chi connectivity index (χ3v) is 3.35. The molecule has 2 rings (SSSR count). The van der Waals surface area contributed by atoms with Crippen LogP contribution in [0.5, 0.6) is 0 Å². The largest absolute Gasteiger partial charge is 0.322 e. The molecule has 6 heteroatoms. The number of thiophene rings is 1. The molecule has 0 saturated carbocycles. The number of aromatic amines is 1. The molecule has 4 nitrogen and oxygen atoms in total. The second kappa shape index (κ2) is 3.80. The van der Waals surface area contributed by atoms with Crippen LogP contribution >= 0.6 is 27.3 Å². The summed E-state index contributed by atoms with van der Waals surface area (Å²) < 4.78 is 1.07. The van der Waals surface area contributed by atoms with Crippen LogP contribution in [0.4, 0.5) is 0 Å². The van der Waals surface area contributed by atoms with Crippen molar-refractivity contribution < 1.29 is 0 Å². The van der Waals surface area contributed by atoms with E-state index in [1.807, 2.05) is 19.1 Å². The van der Waals surface area contributed by atoms with Crippen molar-refractivity contribution in [1.82, 2.24) is 15.2 Å². The molecule has 3 N–H and O–H groups in total. The number of hydrogen-bond donors (Lipinski definition) is 2. The van der Waals surface area contributed by atoms with Gasteiger partial charge in [-0.15, -0.1) is 11.3 Å². The summed E-state index contributed by atoms with van der Waals surface area (Å²) in [6, 6.07) is 3.84. The van der Waals surface area contributed by atoms with E-state index >= 15 is 0 Å². The Kier molecular flexibility index (Phi) is 2.66. The van der Waals surface area contributed by atoms with E-state index < -0.39 is 0 Å². The third-order valence-electron chi connectivity index (χ3n) is 1.73. The van der Waals surface area contributed by atoms with Gasteiger partial charge >= 0.3 is 0 Å². The van der Waals surface area contributed by atoms with E-state index in [4.69, 9.17) is 5.73 Å². The Labute approximate surface area is 93.7 Å². The van der Waals surface area contributed by atoms with Crippen molar-refractivity contribution in [2.75, 3.05) is 0 Å². The van der Waals surface area contributed by atoms with Gasteiger partial charge in [-0.25, -0.2) is 4.98 Å². The fourth-order valence-electron chi connectivity index (χ4n) is 1.02. The minimum Gasteiger partial charge on any atom is -0.322 e. The summed E-state index contributed by atoms with van der Waals surface area (Å²) >= 11 is 4.99. The maximum absolute atomic E-state index is 5.67. The lowest BCUT2D eigenvalue weighted by atomic mass is 10.3. The van der Waals surface area contributed by atoms with Gasteiger partial charge in [-0.3, -0.25) is 5.10 Å². The highest BCUT2D eigenvalue weighted by Crippen LogP contribution is 2.29. The van der Waals surface area contributed by atoms with Gasteiger partial charge in [0, 0.05) is 0 Å². The van der Waals surface area contributed by atoms with Crippen LogP contribution in [0.1, 0.15) is 18.8 Å². The quantitative estimate of drug-likeness (QED) is 0.882. The Morgan fingerprint density at radius 1 is 1.57 bits per heavy atom. The number of nitrogens with two attached hydrogens (primary N) is 1. The van der Waals surface area contributed by atoms with Gasteiger partial charge in [-0.2, -0.15) is 5.10 Å². The molecule has 2 heterocycles. The number of nitrogens with one attached hydrogen (secondary N) is 1. The first-order valence-corrected chi connectivity index (χ1v) is 5.71. The Morgan fingerprint density at radius 3 is 2.86 bits per heavy atom. The molecular formula is C8H9BrN4S. The van der Waals surface area contributed by atoms with Crippen molar-refractivity contribution in [3.8, 4) is 10.7 Å². The Bertz CT molecular complexity index is 434. The van der Waals surface area contributed by atoms with Gasteiger partial charge in [-0.05, 0) is 35.0 Å². The minimum atomic E-state index is -0.111. The fourth-order valence-corrected chi connectivity index (χ4v) is 2.34. The van der Waals surface area contributed by atoms with Crippen LogP contribution in [-0.4, -0.2) is 15.2 Å². The molecule has 0 radical (unpaired) electrons. The van der Waals surface area contributed by atoms with E-state index in [0.29, 0.717) is 11.6 Å². The average Bonchev–Trinajstić information content (AvgIpc) is 2.70. The average molecular weight is 273 g/mol. The van der Waals surface area contributed by atoms with Gasteiger partial charge in [0.15, 0.2) is 5.82 Å². The summed E-state index contributed by atoms with van der Waals surface area (Å²) in [5.41, 5.74) is 5.67. The highest BCUT2D eigenvalue weighted by molar-refractivity contribution is 9.11. The molecule has 0 spiro atoms. The molecule has 0 amide bonds. The molecular weight excluding hydrogens is 264 g/mol. The molecule has 0 aliphatic heterocycles. The first-order chi connectivity index (χ1) is 6.66. The Balaban J connectivity index is 2.33. The molecule has 0 bridgehead atoms. The van der Waals surface area contributed by atoms with E-state index in [9.17, 15) is 0 Å². The van der Waals surface area contributed by atoms with E-state index in [0.717, 1.165) is 8.66 Å². The van der Waals surface area contributed by atoms with E-state index in [2.05, 4.69) is 31.1 Å². The summed E-state index contributed by atoms with van der Waals surface area (Å²) in [6.45, 7) is 1.87. The molecule has 0 aliphatic carbocycles. The van der Waals surface area contributed by atoms with Crippen molar-refractivity contribution in [1.29, 1.82) is 0 Å². The topological polar surface area (TPSA) is 67.6 Å². The van der Waals surface area contributed by atoms with Crippen LogP contribution in [-0.2, 0) is 0 Å². The van der Waals surface area contributed by atoms with Crippen LogP contribution in [0.3, 0.4) is 0 Å². The van der Waals surface area contributed by atoms with Crippen molar-refractivity contribution >= 4 is 27.3 Å². The second-order valence-electron chi connectivity index (χ2n) is 2.94. The van der Waals surface area contributed by atoms with E-state index in [-0.39, 0.29) is 6.04 Å². The maximum atomic E-state index is 5.67. The highest BCUT2D eigenvalue weighted by atomic mass is 79.9. The normalized spacial score (nSPS) is 13.1. The smallest absolute Gasteiger partial charge is 0.191 e. The molecule has 2 aromatic heterocycles.